The Labute approximate surface area is 119 Å². The van der Waals surface area contributed by atoms with Crippen molar-refractivity contribution in [2.75, 3.05) is 5.32 Å². The van der Waals surface area contributed by atoms with Crippen LogP contribution in [0.25, 0.3) is 10.2 Å². The molecule has 0 fully saturated rings. The Morgan fingerprint density at radius 2 is 1.90 bits per heavy atom. The zero-order chi connectivity index (χ0) is 13.5. The van der Waals surface area contributed by atoms with Gasteiger partial charge in [0, 0.05) is 5.56 Å². The van der Waals surface area contributed by atoms with E-state index in [2.05, 4.69) is 10.3 Å². The molecule has 0 radical (unpaired) electrons. The van der Waals surface area contributed by atoms with Crippen LogP contribution in [0.15, 0.2) is 48.5 Å². The van der Waals surface area contributed by atoms with Gasteiger partial charge in [0.1, 0.15) is 0 Å². The van der Waals surface area contributed by atoms with Crippen LogP contribution in [-0.4, -0.2) is 11.0 Å². The van der Waals surface area contributed by atoms with Gasteiger partial charge in [-0.2, -0.15) is 0 Å². The number of rotatable bonds is 2. The molecule has 0 spiro atoms. The highest BCUT2D eigenvalue weighted by atomic mass is 32.1. The number of aromatic nitrogens is 1. The van der Waals surface area contributed by atoms with Crippen LogP contribution in [0.2, 0.25) is 0 Å². The maximum Gasteiger partial charge on any atom is 0.340 e. The van der Waals surface area contributed by atoms with Gasteiger partial charge in [0.05, 0.1) is 15.8 Å². The fourth-order valence-corrected chi connectivity index (χ4v) is 3.18. The number of cyclic esters (lactones) is 1. The molecule has 0 saturated heterocycles. The van der Waals surface area contributed by atoms with Crippen LogP contribution in [0.3, 0.4) is 0 Å². The number of fused-ring (bicyclic) bond motifs is 2. The summed E-state index contributed by atoms with van der Waals surface area (Å²) in [5.41, 5.74) is 2.42. The molecule has 20 heavy (non-hydrogen) atoms. The van der Waals surface area contributed by atoms with Crippen molar-refractivity contribution in [2.45, 2.75) is 6.23 Å². The van der Waals surface area contributed by atoms with Gasteiger partial charge in [-0.15, -0.1) is 0 Å². The summed E-state index contributed by atoms with van der Waals surface area (Å²) >= 11 is 1.55. The summed E-state index contributed by atoms with van der Waals surface area (Å²) in [5, 5.41) is 3.93. The number of nitrogens with one attached hydrogen (secondary N) is 1. The van der Waals surface area contributed by atoms with Crippen molar-refractivity contribution in [3.05, 3.63) is 59.7 Å². The first-order valence-electron chi connectivity index (χ1n) is 6.23. The number of ether oxygens (including phenoxy) is 1. The zero-order valence-electron chi connectivity index (χ0n) is 10.4. The van der Waals surface area contributed by atoms with E-state index in [9.17, 15) is 4.79 Å². The Kier molecular flexibility index (Phi) is 2.47. The second kappa shape index (κ2) is 4.31. The fraction of sp³-hybridized carbons (Fsp3) is 0.0667. The number of nitrogens with zero attached hydrogens (tertiary/aromatic N) is 1. The molecule has 1 atom stereocenters. The number of esters is 1. The molecule has 98 valence electrons. The lowest BCUT2D eigenvalue weighted by Crippen LogP contribution is -2.09. The summed E-state index contributed by atoms with van der Waals surface area (Å²) in [7, 11) is 0. The third-order valence-corrected chi connectivity index (χ3v) is 4.20. The lowest BCUT2D eigenvalue weighted by molar-refractivity contribution is 0.0437. The van der Waals surface area contributed by atoms with Gasteiger partial charge in [-0.05, 0) is 18.2 Å². The normalized spacial score (nSPS) is 17.0. The van der Waals surface area contributed by atoms with Crippen LogP contribution in [0.4, 0.5) is 5.13 Å². The number of hydrogen-bond donors (Lipinski definition) is 1. The van der Waals surface area contributed by atoms with Crippen LogP contribution >= 0.6 is 11.3 Å². The van der Waals surface area contributed by atoms with Crippen molar-refractivity contribution >= 4 is 32.7 Å². The molecule has 2 heterocycles. The van der Waals surface area contributed by atoms with E-state index in [0.29, 0.717) is 5.56 Å². The summed E-state index contributed by atoms with van der Waals surface area (Å²) in [6.07, 6.45) is -0.459. The Hall–Kier alpha value is -2.40. The van der Waals surface area contributed by atoms with Crippen LogP contribution in [-0.2, 0) is 4.74 Å². The van der Waals surface area contributed by atoms with Gasteiger partial charge in [0.25, 0.3) is 0 Å². The molecule has 1 aliphatic rings. The average Bonchev–Trinajstić information content (AvgIpc) is 3.01. The van der Waals surface area contributed by atoms with Crippen LogP contribution in [0.1, 0.15) is 22.1 Å². The molecular weight excluding hydrogens is 272 g/mol. The van der Waals surface area contributed by atoms with Gasteiger partial charge in [0.2, 0.25) is 6.23 Å². The quantitative estimate of drug-likeness (QED) is 0.730. The number of thiazole rings is 1. The fourth-order valence-electron chi connectivity index (χ4n) is 2.30. The number of para-hydroxylation sites is 1. The van der Waals surface area contributed by atoms with Gasteiger partial charge in [0.15, 0.2) is 5.13 Å². The van der Waals surface area contributed by atoms with E-state index in [1.165, 1.54) is 0 Å². The maximum absolute atomic E-state index is 11.8. The molecule has 1 N–H and O–H groups in total. The van der Waals surface area contributed by atoms with E-state index in [-0.39, 0.29) is 5.97 Å². The van der Waals surface area contributed by atoms with Crippen molar-refractivity contribution in [3.63, 3.8) is 0 Å². The smallest absolute Gasteiger partial charge is 0.340 e. The number of carbonyl (C=O) groups is 1. The molecule has 0 aliphatic carbocycles. The zero-order valence-corrected chi connectivity index (χ0v) is 11.2. The Morgan fingerprint density at radius 3 is 2.80 bits per heavy atom. The first-order chi connectivity index (χ1) is 9.81. The van der Waals surface area contributed by atoms with Gasteiger partial charge < -0.3 is 10.1 Å². The van der Waals surface area contributed by atoms with Gasteiger partial charge in [-0.1, -0.05) is 41.7 Å². The highest BCUT2D eigenvalue weighted by molar-refractivity contribution is 7.22. The van der Waals surface area contributed by atoms with Crippen molar-refractivity contribution < 1.29 is 9.53 Å². The van der Waals surface area contributed by atoms with E-state index in [0.717, 1.165) is 20.9 Å². The van der Waals surface area contributed by atoms with E-state index in [4.69, 9.17) is 4.74 Å². The van der Waals surface area contributed by atoms with Crippen molar-refractivity contribution in [3.8, 4) is 0 Å². The Morgan fingerprint density at radius 1 is 1.10 bits per heavy atom. The van der Waals surface area contributed by atoms with E-state index < -0.39 is 6.23 Å². The lowest BCUT2D eigenvalue weighted by Gasteiger charge is -2.11. The van der Waals surface area contributed by atoms with E-state index in [1.807, 2.05) is 42.5 Å². The first-order valence-corrected chi connectivity index (χ1v) is 7.05. The minimum Gasteiger partial charge on any atom is -0.434 e. The molecule has 0 bridgehead atoms. The molecular formula is C15H10N2O2S. The Balaban J connectivity index is 1.68. The predicted molar refractivity (Wildman–Crippen MR) is 77.8 cm³/mol. The topological polar surface area (TPSA) is 51.2 Å². The third-order valence-electron chi connectivity index (χ3n) is 3.24. The van der Waals surface area contributed by atoms with Gasteiger partial charge in [-0.25, -0.2) is 9.78 Å². The molecule has 4 rings (SSSR count). The molecule has 2 aromatic carbocycles. The Bertz CT molecular complexity index is 779. The van der Waals surface area contributed by atoms with Crippen LogP contribution in [0.5, 0.6) is 0 Å². The highest BCUT2D eigenvalue weighted by Gasteiger charge is 2.30. The first kappa shape index (κ1) is 11.4. The monoisotopic (exact) mass is 282 g/mol. The molecule has 0 saturated carbocycles. The highest BCUT2D eigenvalue weighted by Crippen LogP contribution is 2.34. The molecule has 4 nitrogen and oxygen atoms in total. The minimum atomic E-state index is -0.459. The van der Waals surface area contributed by atoms with Crippen molar-refractivity contribution in [1.29, 1.82) is 0 Å². The van der Waals surface area contributed by atoms with Crippen LogP contribution < -0.4 is 5.32 Å². The largest absolute Gasteiger partial charge is 0.434 e. The van der Waals surface area contributed by atoms with Crippen LogP contribution in [0, 0.1) is 0 Å². The molecule has 1 aromatic heterocycles. The summed E-state index contributed by atoms with van der Waals surface area (Å²) in [5.74, 6) is -0.292. The number of hydrogen-bond acceptors (Lipinski definition) is 5. The van der Waals surface area contributed by atoms with E-state index in [1.54, 1.807) is 17.4 Å². The van der Waals surface area contributed by atoms with Gasteiger partial charge >= 0.3 is 5.97 Å². The third kappa shape index (κ3) is 1.75. The molecule has 1 unspecified atom stereocenters. The second-order valence-corrected chi connectivity index (χ2v) is 5.53. The molecule has 1 aliphatic heterocycles. The average molecular weight is 282 g/mol. The van der Waals surface area contributed by atoms with E-state index >= 15 is 0 Å². The lowest BCUT2D eigenvalue weighted by atomic mass is 10.1. The van der Waals surface area contributed by atoms with Gasteiger partial charge in [-0.3, -0.25) is 0 Å². The summed E-state index contributed by atoms with van der Waals surface area (Å²) in [4.78, 5) is 16.2. The SMILES string of the molecule is O=C1OC(Nc2nc3ccccc3s2)c2ccccc21. The minimum absolute atomic E-state index is 0.292. The summed E-state index contributed by atoms with van der Waals surface area (Å²) in [6, 6.07) is 15.3. The van der Waals surface area contributed by atoms with Crippen molar-refractivity contribution in [2.24, 2.45) is 0 Å². The molecule has 3 aromatic rings. The number of benzene rings is 2. The summed E-state index contributed by atoms with van der Waals surface area (Å²) in [6.45, 7) is 0. The number of carbonyl (C=O) groups excluding carboxylic acids is 1. The standard InChI is InChI=1S/C15H10N2O2S/c18-14-10-6-2-1-5-9(10)13(19-14)17-15-16-11-7-3-4-8-12(11)20-15/h1-8,13H,(H,16,17). The van der Waals surface area contributed by atoms with Crippen molar-refractivity contribution in [1.82, 2.24) is 4.98 Å². The summed E-state index contributed by atoms with van der Waals surface area (Å²) < 4.78 is 6.45. The molecule has 0 amide bonds. The number of anilines is 1. The maximum atomic E-state index is 11.8. The predicted octanol–water partition coefficient (Wildman–Crippen LogP) is 3.58. The second-order valence-electron chi connectivity index (χ2n) is 4.50. The molecule has 5 heteroatoms.